The van der Waals surface area contributed by atoms with Crippen LogP contribution in [0.25, 0.3) is 0 Å². The van der Waals surface area contributed by atoms with Gasteiger partial charge in [0.1, 0.15) is 13.2 Å². The van der Waals surface area contributed by atoms with Crippen LogP contribution < -0.4 is 5.32 Å². The number of carbonyl (C=O) groups is 1. The summed E-state index contributed by atoms with van der Waals surface area (Å²) in [6.07, 6.45) is 73.8. The molecule has 0 saturated carbocycles. The van der Waals surface area contributed by atoms with Gasteiger partial charge in [-0.05, 0) is 70.6 Å². The van der Waals surface area contributed by atoms with E-state index in [1.165, 1.54) is 238 Å². The summed E-state index contributed by atoms with van der Waals surface area (Å²) in [6, 6.07) is -0.873. The molecule has 3 unspecified atom stereocenters. The Morgan fingerprint density at radius 1 is 0.452 bits per heavy atom. The number of aliphatic hydroxyl groups excluding tert-OH is 1. The van der Waals surface area contributed by atoms with Crippen molar-refractivity contribution in [1.82, 2.24) is 5.32 Å². The molecule has 0 aliphatic heterocycles. The number of allylic oxidation sites excluding steroid dienone is 7. The number of rotatable bonds is 58. The van der Waals surface area contributed by atoms with Gasteiger partial charge in [-0.25, -0.2) is 4.57 Å². The Morgan fingerprint density at radius 3 is 1.10 bits per heavy atom. The number of phosphoric acid groups is 1. The Labute approximate surface area is 454 Å². The van der Waals surface area contributed by atoms with Crippen molar-refractivity contribution in [1.29, 1.82) is 0 Å². The Morgan fingerprint density at radius 2 is 0.753 bits per heavy atom. The van der Waals surface area contributed by atoms with Crippen molar-refractivity contribution >= 4 is 13.7 Å². The van der Waals surface area contributed by atoms with Crippen LogP contribution in [-0.4, -0.2) is 73.4 Å². The summed E-state index contributed by atoms with van der Waals surface area (Å²) in [5.74, 6) is -0.190. The summed E-state index contributed by atoms with van der Waals surface area (Å²) < 4.78 is 23.7. The summed E-state index contributed by atoms with van der Waals surface area (Å²) >= 11 is 0. The molecular formula is C64H124N2O6P+. The van der Waals surface area contributed by atoms with Crippen LogP contribution in [0.1, 0.15) is 303 Å². The average Bonchev–Trinajstić information content (AvgIpc) is 3.35. The third kappa shape index (κ3) is 58.0. The van der Waals surface area contributed by atoms with E-state index >= 15 is 0 Å². The van der Waals surface area contributed by atoms with Gasteiger partial charge < -0.3 is 19.8 Å². The van der Waals surface area contributed by atoms with Crippen LogP contribution in [0.5, 0.6) is 0 Å². The first kappa shape index (κ1) is 71.5. The zero-order chi connectivity index (χ0) is 53.5. The second-order valence-electron chi connectivity index (χ2n) is 22.8. The highest BCUT2D eigenvalue weighted by molar-refractivity contribution is 7.47. The van der Waals surface area contributed by atoms with Crippen LogP contribution in [0.3, 0.4) is 0 Å². The molecule has 0 aromatic rings. The van der Waals surface area contributed by atoms with Crippen LogP contribution >= 0.6 is 7.82 Å². The minimum Gasteiger partial charge on any atom is -0.387 e. The molecule has 8 nitrogen and oxygen atoms in total. The maximum Gasteiger partial charge on any atom is 0.472 e. The van der Waals surface area contributed by atoms with Gasteiger partial charge >= 0.3 is 7.82 Å². The van der Waals surface area contributed by atoms with Crippen molar-refractivity contribution in [3.63, 3.8) is 0 Å². The number of quaternary nitrogens is 1. The largest absolute Gasteiger partial charge is 0.472 e. The maximum atomic E-state index is 13.0. The summed E-state index contributed by atoms with van der Waals surface area (Å²) in [7, 11) is 1.55. The van der Waals surface area contributed by atoms with Crippen LogP contribution in [0, 0.1) is 0 Å². The lowest BCUT2D eigenvalue weighted by Gasteiger charge is -2.25. The number of likely N-dealkylation sites (N-methyl/N-ethyl adjacent to an activating group) is 1. The Bertz CT molecular complexity index is 1330. The predicted molar refractivity (Wildman–Crippen MR) is 318 cm³/mol. The topological polar surface area (TPSA) is 105 Å². The van der Waals surface area contributed by atoms with E-state index in [0.29, 0.717) is 17.4 Å². The van der Waals surface area contributed by atoms with Gasteiger partial charge in [-0.1, -0.05) is 274 Å². The molecule has 0 radical (unpaired) electrons. The summed E-state index contributed by atoms with van der Waals surface area (Å²) in [5, 5.41) is 13.9. The molecule has 0 aliphatic rings. The maximum absolute atomic E-state index is 13.0. The van der Waals surface area contributed by atoms with Crippen LogP contribution in [0.2, 0.25) is 0 Å². The number of nitrogens with zero attached hydrogens (tertiary/aromatic N) is 1. The Hall–Kier alpha value is -1.54. The van der Waals surface area contributed by atoms with E-state index in [2.05, 4.69) is 55.6 Å². The van der Waals surface area contributed by atoms with Crippen molar-refractivity contribution in [2.75, 3.05) is 40.9 Å². The molecule has 0 saturated heterocycles. The number of hydrogen-bond donors (Lipinski definition) is 3. The van der Waals surface area contributed by atoms with E-state index in [4.69, 9.17) is 9.05 Å². The van der Waals surface area contributed by atoms with E-state index in [0.717, 1.165) is 44.9 Å². The van der Waals surface area contributed by atoms with Crippen molar-refractivity contribution in [2.45, 2.75) is 315 Å². The summed E-state index contributed by atoms with van der Waals surface area (Å²) in [6.45, 7) is 4.82. The highest BCUT2D eigenvalue weighted by Crippen LogP contribution is 2.43. The number of carbonyl (C=O) groups excluding carboxylic acids is 1. The molecule has 1 amide bonds. The predicted octanol–water partition coefficient (Wildman–Crippen LogP) is 19.5. The monoisotopic (exact) mass is 1050 g/mol. The van der Waals surface area contributed by atoms with Crippen molar-refractivity contribution in [3.05, 3.63) is 48.6 Å². The van der Waals surface area contributed by atoms with Crippen molar-refractivity contribution in [2.24, 2.45) is 0 Å². The Balaban J connectivity index is 4.20. The van der Waals surface area contributed by atoms with Gasteiger partial charge in [0.05, 0.1) is 39.9 Å². The minimum atomic E-state index is -4.36. The molecule has 0 rings (SSSR count). The second-order valence-corrected chi connectivity index (χ2v) is 24.2. The minimum absolute atomic E-state index is 0.0529. The van der Waals surface area contributed by atoms with Gasteiger partial charge in [0.25, 0.3) is 0 Å². The molecule has 0 spiro atoms. The first-order chi connectivity index (χ1) is 35.5. The number of hydrogen-bond acceptors (Lipinski definition) is 5. The number of amides is 1. The smallest absolute Gasteiger partial charge is 0.387 e. The molecule has 3 N–H and O–H groups in total. The normalized spacial score (nSPS) is 14.1. The third-order valence-electron chi connectivity index (χ3n) is 14.2. The van der Waals surface area contributed by atoms with E-state index < -0.39 is 20.0 Å². The SMILES string of the molecule is CCCCCCCCCC/C=C\CCCCCCCCCCCC(=O)NC(COP(=O)(O)OCC[N+](C)(C)C)C(O)/C=C/CC/C=C/CC/C=C/CCCCCCCCCCCCCCCCCCCCCC. The lowest BCUT2D eigenvalue weighted by Crippen LogP contribution is -2.45. The zero-order valence-corrected chi connectivity index (χ0v) is 50.0. The molecular weight excluding hydrogens is 924 g/mol. The first-order valence-corrected chi connectivity index (χ1v) is 33.0. The summed E-state index contributed by atoms with van der Waals surface area (Å²) in [5.41, 5.74) is 0. The number of phosphoric ester groups is 1. The molecule has 0 aromatic heterocycles. The van der Waals surface area contributed by atoms with Gasteiger partial charge in [-0.15, -0.1) is 0 Å². The molecule has 0 aromatic carbocycles. The quantitative estimate of drug-likeness (QED) is 0.0243. The molecule has 73 heavy (non-hydrogen) atoms. The molecule has 3 atom stereocenters. The lowest BCUT2D eigenvalue weighted by atomic mass is 10.0. The first-order valence-electron chi connectivity index (χ1n) is 31.5. The summed E-state index contributed by atoms with van der Waals surface area (Å²) in [4.78, 5) is 23.3. The van der Waals surface area contributed by atoms with Crippen molar-refractivity contribution < 1.29 is 32.9 Å². The second kappa shape index (κ2) is 55.2. The van der Waals surface area contributed by atoms with E-state index in [1.807, 2.05) is 27.2 Å². The fraction of sp³-hybridized carbons (Fsp3) is 0.859. The van der Waals surface area contributed by atoms with Gasteiger partial charge in [0.2, 0.25) is 5.91 Å². The number of nitrogens with one attached hydrogen (secondary N) is 1. The average molecular weight is 1050 g/mol. The van der Waals surface area contributed by atoms with Gasteiger partial charge in [0.15, 0.2) is 0 Å². The third-order valence-corrected chi connectivity index (χ3v) is 15.2. The molecule has 0 aliphatic carbocycles. The highest BCUT2D eigenvalue weighted by Gasteiger charge is 2.27. The van der Waals surface area contributed by atoms with Gasteiger partial charge in [-0.3, -0.25) is 13.8 Å². The van der Waals surface area contributed by atoms with Crippen molar-refractivity contribution in [3.8, 4) is 0 Å². The molecule has 0 fully saturated rings. The zero-order valence-electron chi connectivity index (χ0n) is 49.1. The standard InChI is InChI=1S/C64H123N2O6P/c1-6-8-10-12-14-16-18-20-22-24-26-28-29-30-31-32-33-34-35-36-38-39-41-43-45-47-49-51-53-55-57-63(67)62(61-72-73(69,70)71-60-59-66(3,4)5)65-64(68)58-56-54-52-50-48-46-44-42-40-37-27-25-23-21-19-17-15-13-11-9-7-2/h25,27,39,41,47,49,55,57,62-63,67H,6-24,26,28-38,40,42-46,48,50-54,56,58-61H2,1-5H3,(H-,65,68,69,70)/p+1/b27-25-,41-39+,49-47+,57-55+. The highest BCUT2D eigenvalue weighted by atomic mass is 31.2. The fourth-order valence-corrected chi connectivity index (χ4v) is 10.0. The van der Waals surface area contributed by atoms with Crippen LogP contribution in [0.15, 0.2) is 48.6 Å². The van der Waals surface area contributed by atoms with E-state index in [9.17, 15) is 19.4 Å². The number of unbranched alkanes of at least 4 members (excludes halogenated alkanes) is 39. The molecule has 0 heterocycles. The number of aliphatic hydroxyl groups is 1. The molecule has 0 bridgehead atoms. The fourth-order valence-electron chi connectivity index (χ4n) is 9.31. The van der Waals surface area contributed by atoms with Crippen LogP contribution in [-0.2, 0) is 18.4 Å². The van der Waals surface area contributed by atoms with E-state index in [1.54, 1.807) is 6.08 Å². The molecule has 9 heteroatoms. The van der Waals surface area contributed by atoms with E-state index in [-0.39, 0.29) is 19.1 Å². The Kier molecular flexibility index (Phi) is 54.1. The van der Waals surface area contributed by atoms with Crippen LogP contribution in [0.4, 0.5) is 0 Å². The lowest BCUT2D eigenvalue weighted by molar-refractivity contribution is -0.870. The molecule has 430 valence electrons. The van der Waals surface area contributed by atoms with Gasteiger partial charge in [0, 0.05) is 6.42 Å². The van der Waals surface area contributed by atoms with Gasteiger partial charge in [-0.2, -0.15) is 0 Å².